The summed E-state index contributed by atoms with van der Waals surface area (Å²) in [6.07, 6.45) is -4.73. The number of likely N-dealkylation sites (N-methyl/N-ethyl adjacent to an activating group) is 1. The maximum Gasteiger partial charge on any atom is 0.415 e. The smallest absolute Gasteiger partial charge is 0.338 e. The molecule has 0 radical (unpaired) electrons. The standard InChI is InChI=1S/C10H18F3N3O/c1-7-6-16(5-4-15(7)3)8(17)9(2,14)10(11,12)13/h7H,4-6,14H2,1-3H3. The Morgan fingerprint density at radius 3 is 2.29 bits per heavy atom. The molecule has 4 nitrogen and oxygen atoms in total. The first kappa shape index (κ1) is 14.2. The highest BCUT2D eigenvalue weighted by Gasteiger charge is 2.55. The molecule has 0 aromatic heterocycles. The number of carbonyl (C=O) groups excluding carboxylic acids is 1. The molecule has 0 saturated carbocycles. The minimum absolute atomic E-state index is 0.0386. The molecule has 17 heavy (non-hydrogen) atoms. The molecule has 2 N–H and O–H groups in total. The van der Waals surface area contributed by atoms with Crippen molar-refractivity contribution in [3.8, 4) is 0 Å². The van der Waals surface area contributed by atoms with E-state index >= 15 is 0 Å². The van der Waals surface area contributed by atoms with Crippen molar-refractivity contribution in [2.45, 2.75) is 31.6 Å². The zero-order valence-electron chi connectivity index (χ0n) is 10.2. The summed E-state index contributed by atoms with van der Waals surface area (Å²) in [6, 6.07) is 0.0386. The van der Waals surface area contributed by atoms with E-state index < -0.39 is 17.6 Å². The Hall–Kier alpha value is -0.820. The number of nitrogens with zero attached hydrogens (tertiary/aromatic N) is 2. The van der Waals surface area contributed by atoms with Crippen molar-refractivity contribution in [3.05, 3.63) is 0 Å². The van der Waals surface area contributed by atoms with Gasteiger partial charge in [-0.2, -0.15) is 13.2 Å². The summed E-state index contributed by atoms with van der Waals surface area (Å²) in [5.74, 6) is -1.05. The van der Waals surface area contributed by atoms with Gasteiger partial charge in [0, 0.05) is 25.7 Å². The average Bonchev–Trinajstić information content (AvgIpc) is 2.19. The van der Waals surface area contributed by atoms with Gasteiger partial charge in [-0.15, -0.1) is 0 Å². The number of rotatable bonds is 1. The molecule has 1 saturated heterocycles. The Morgan fingerprint density at radius 2 is 1.88 bits per heavy atom. The van der Waals surface area contributed by atoms with Crippen LogP contribution < -0.4 is 5.73 Å². The third kappa shape index (κ3) is 2.71. The maximum atomic E-state index is 12.6. The first-order valence-corrected chi connectivity index (χ1v) is 5.42. The van der Waals surface area contributed by atoms with Crippen LogP contribution in [0.15, 0.2) is 0 Å². The molecule has 100 valence electrons. The van der Waals surface area contributed by atoms with Crippen LogP contribution in [-0.4, -0.2) is 60.1 Å². The van der Waals surface area contributed by atoms with E-state index in [1.807, 2.05) is 18.9 Å². The number of hydrogen-bond donors (Lipinski definition) is 1. The van der Waals surface area contributed by atoms with Crippen molar-refractivity contribution in [2.24, 2.45) is 5.73 Å². The van der Waals surface area contributed by atoms with Gasteiger partial charge in [0.15, 0.2) is 5.54 Å². The van der Waals surface area contributed by atoms with Gasteiger partial charge in [-0.25, -0.2) is 0 Å². The fourth-order valence-corrected chi connectivity index (χ4v) is 1.68. The number of piperazine rings is 1. The third-order valence-corrected chi connectivity index (χ3v) is 3.28. The second-order valence-corrected chi connectivity index (χ2v) is 4.78. The summed E-state index contributed by atoms with van der Waals surface area (Å²) in [6.45, 7) is 3.70. The Balaban J connectivity index is 2.78. The molecule has 0 spiro atoms. The van der Waals surface area contributed by atoms with Crippen LogP contribution >= 0.6 is 0 Å². The van der Waals surface area contributed by atoms with Crippen molar-refractivity contribution < 1.29 is 18.0 Å². The van der Waals surface area contributed by atoms with Gasteiger partial charge >= 0.3 is 6.18 Å². The molecule has 2 unspecified atom stereocenters. The summed E-state index contributed by atoms with van der Waals surface area (Å²) in [4.78, 5) is 15.0. The van der Waals surface area contributed by atoms with E-state index in [9.17, 15) is 18.0 Å². The predicted octanol–water partition coefficient (Wildman–Crippen LogP) is 0.429. The predicted molar refractivity (Wildman–Crippen MR) is 57.3 cm³/mol. The van der Waals surface area contributed by atoms with E-state index in [1.165, 1.54) is 4.90 Å². The van der Waals surface area contributed by atoms with E-state index in [-0.39, 0.29) is 19.1 Å². The van der Waals surface area contributed by atoms with Crippen molar-refractivity contribution in [1.82, 2.24) is 9.80 Å². The second-order valence-electron chi connectivity index (χ2n) is 4.78. The highest BCUT2D eigenvalue weighted by atomic mass is 19.4. The lowest BCUT2D eigenvalue weighted by atomic mass is 10.00. The largest absolute Gasteiger partial charge is 0.415 e. The number of alkyl halides is 3. The van der Waals surface area contributed by atoms with Crippen LogP contribution in [0.3, 0.4) is 0 Å². The molecular weight excluding hydrogens is 235 g/mol. The number of hydrogen-bond acceptors (Lipinski definition) is 3. The minimum Gasteiger partial charge on any atom is -0.338 e. The van der Waals surface area contributed by atoms with Gasteiger partial charge < -0.3 is 15.5 Å². The Labute approximate surface area is 98.5 Å². The van der Waals surface area contributed by atoms with Gasteiger partial charge in [0.05, 0.1) is 0 Å². The number of halogens is 3. The molecule has 0 aliphatic carbocycles. The number of carbonyl (C=O) groups is 1. The van der Waals surface area contributed by atoms with E-state index in [0.717, 1.165) is 6.92 Å². The molecule has 1 aliphatic rings. The van der Waals surface area contributed by atoms with Crippen molar-refractivity contribution in [2.75, 3.05) is 26.7 Å². The summed E-state index contributed by atoms with van der Waals surface area (Å²) in [5, 5.41) is 0. The van der Waals surface area contributed by atoms with Gasteiger partial charge in [-0.3, -0.25) is 4.79 Å². The summed E-state index contributed by atoms with van der Waals surface area (Å²) >= 11 is 0. The molecule has 1 heterocycles. The van der Waals surface area contributed by atoms with E-state index in [2.05, 4.69) is 0 Å². The summed E-state index contributed by atoms with van der Waals surface area (Å²) in [5.41, 5.74) is 2.32. The second kappa shape index (κ2) is 4.45. The Kier molecular flexibility index (Phi) is 3.73. The van der Waals surface area contributed by atoms with Gasteiger partial charge in [0.1, 0.15) is 0 Å². The molecule has 0 aromatic carbocycles. The summed E-state index contributed by atoms with van der Waals surface area (Å²) < 4.78 is 37.9. The van der Waals surface area contributed by atoms with Crippen LogP contribution in [0.25, 0.3) is 0 Å². The zero-order valence-corrected chi connectivity index (χ0v) is 10.2. The first-order chi connectivity index (χ1) is 7.57. The minimum atomic E-state index is -4.73. The Morgan fingerprint density at radius 1 is 1.35 bits per heavy atom. The fraction of sp³-hybridized carbons (Fsp3) is 0.900. The molecule has 1 fully saturated rings. The normalized spacial score (nSPS) is 26.8. The quantitative estimate of drug-likeness (QED) is 0.737. The maximum absolute atomic E-state index is 12.6. The average molecular weight is 253 g/mol. The number of amides is 1. The SMILES string of the molecule is CC1CN(C(=O)C(C)(N)C(F)(F)F)CCN1C. The number of nitrogens with two attached hydrogens (primary N) is 1. The lowest BCUT2D eigenvalue weighted by Gasteiger charge is -2.41. The lowest BCUT2D eigenvalue weighted by Crippen LogP contribution is -2.65. The topological polar surface area (TPSA) is 49.6 Å². The molecule has 2 atom stereocenters. The highest BCUT2D eigenvalue weighted by molar-refractivity contribution is 5.86. The van der Waals surface area contributed by atoms with E-state index in [1.54, 1.807) is 0 Å². The van der Waals surface area contributed by atoms with Crippen molar-refractivity contribution in [1.29, 1.82) is 0 Å². The van der Waals surface area contributed by atoms with Crippen LogP contribution in [0, 0.1) is 0 Å². The molecule has 1 rings (SSSR count). The van der Waals surface area contributed by atoms with E-state index in [0.29, 0.717) is 6.54 Å². The molecule has 7 heteroatoms. The first-order valence-electron chi connectivity index (χ1n) is 5.42. The van der Waals surface area contributed by atoms with Crippen LogP contribution in [0.2, 0.25) is 0 Å². The van der Waals surface area contributed by atoms with Crippen LogP contribution in [0.4, 0.5) is 13.2 Å². The fourth-order valence-electron chi connectivity index (χ4n) is 1.68. The zero-order chi connectivity index (χ0) is 13.4. The molecule has 1 amide bonds. The summed E-state index contributed by atoms with van der Waals surface area (Å²) in [7, 11) is 1.87. The molecular formula is C10H18F3N3O. The lowest BCUT2D eigenvalue weighted by molar-refractivity contribution is -0.195. The van der Waals surface area contributed by atoms with Crippen LogP contribution in [-0.2, 0) is 4.79 Å². The molecule has 1 aliphatic heterocycles. The van der Waals surface area contributed by atoms with Crippen molar-refractivity contribution >= 4 is 5.91 Å². The van der Waals surface area contributed by atoms with Gasteiger partial charge in [0.2, 0.25) is 0 Å². The highest BCUT2D eigenvalue weighted by Crippen LogP contribution is 2.30. The van der Waals surface area contributed by atoms with Crippen molar-refractivity contribution in [3.63, 3.8) is 0 Å². The van der Waals surface area contributed by atoms with E-state index in [4.69, 9.17) is 5.73 Å². The van der Waals surface area contributed by atoms with Crippen LogP contribution in [0.1, 0.15) is 13.8 Å². The van der Waals surface area contributed by atoms with Gasteiger partial charge in [0.25, 0.3) is 5.91 Å². The molecule has 0 aromatic rings. The monoisotopic (exact) mass is 253 g/mol. The Bertz CT molecular complexity index is 304. The van der Waals surface area contributed by atoms with Gasteiger partial charge in [-0.1, -0.05) is 0 Å². The molecule has 0 bridgehead atoms. The third-order valence-electron chi connectivity index (χ3n) is 3.28. The van der Waals surface area contributed by atoms with Gasteiger partial charge in [-0.05, 0) is 20.9 Å². The van der Waals surface area contributed by atoms with Crippen LogP contribution in [0.5, 0.6) is 0 Å².